The molecule has 0 radical (unpaired) electrons. The van der Waals surface area contributed by atoms with Crippen LogP contribution in [-0.2, 0) is 0 Å². The topological polar surface area (TPSA) is 42.0 Å². The maximum Gasteiger partial charge on any atom is 0.187 e. The normalized spacial score (nSPS) is 11.7. The van der Waals surface area contributed by atoms with Gasteiger partial charge in [-0.2, -0.15) is 0 Å². The van der Waals surface area contributed by atoms with Gasteiger partial charge in [0.05, 0.1) is 5.69 Å². The largest absolute Gasteiger partial charge is 0.283 e. The zero-order valence-corrected chi connectivity index (χ0v) is 14.9. The van der Waals surface area contributed by atoms with Gasteiger partial charge in [-0.1, -0.05) is 62.4 Å². The summed E-state index contributed by atoms with van der Waals surface area (Å²) in [4.78, 5) is 4.74. The van der Waals surface area contributed by atoms with Crippen LogP contribution in [0.1, 0.15) is 25.3 Å². The van der Waals surface area contributed by atoms with Crippen LogP contribution in [0.15, 0.2) is 89.2 Å². The first-order chi connectivity index (χ1) is 12.7. The molecule has 128 valence electrons. The van der Waals surface area contributed by atoms with E-state index in [1.165, 1.54) is 5.56 Å². The second-order valence-electron chi connectivity index (χ2n) is 6.53. The third-order valence-electron chi connectivity index (χ3n) is 4.37. The smallest absolute Gasteiger partial charge is 0.187 e. The molecule has 0 saturated carbocycles. The van der Waals surface area contributed by atoms with Crippen molar-refractivity contribution in [3.05, 3.63) is 84.6 Å². The van der Waals surface area contributed by atoms with E-state index in [9.17, 15) is 0 Å². The van der Waals surface area contributed by atoms with Crippen LogP contribution in [-0.4, -0.2) is 9.38 Å². The Kier molecular flexibility index (Phi) is 4.32. The Morgan fingerprint density at radius 2 is 1.54 bits per heavy atom. The van der Waals surface area contributed by atoms with Crippen molar-refractivity contribution in [1.29, 1.82) is 0 Å². The lowest BCUT2D eigenvalue weighted by atomic mass is 10.0. The van der Waals surface area contributed by atoms with Gasteiger partial charge in [-0.3, -0.25) is 4.40 Å². The highest BCUT2D eigenvalue weighted by molar-refractivity contribution is 5.74. The minimum atomic E-state index is 0.504. The zero-order chi connectivity index (χ0) is 17.9. The van der Waals surface area contributed by atoms with Crippen LogP contribution in [0.25, 0.3) is 16.9 Å². The SMILES string of the molecule is CC(C)c1ccc(N=Nc2c(-c3ccccc3)nc3ccccn23)cc1. The van der Waals surface area contributed by atoms with Crippen molar-refractivity contribution in [2.45, 2.75) is 19.8 Å². The number of fused-ring (bicyclic) bond motifs is 1. The number of azo groups is 1. The van der Waals surface area contributed by atoms with E-state index in [-0.39, 0.29) is 0 Å². The lowest BCUT2D eigenvalue weighted by Crippen LogP contribution is -1.84. The molecule has 4 heteroatoms. The highest BCUT2D eigenvalue weighted by Gasteiger charge is 2.13. The van der Waals surface area contributed by atoms with E-state index in [4.69, 9.17) is 4.98 Å². The fourth-order valence-corrected chi connectivity index (χ4v) is 2.90. The van der Waals surface area contributed by atoms with E-state index in [0.29, 0.717) is 5.92 Å². The summed E-state index contributed by atoms with van der Waals surface area (Å²) in [5, 5.41) is 8.99. The van der Waals surface area contributed by atoms with Gasteiger partial charge in [-0.15, -0.1) is 10.2 Å². The quantitative estimate of drug-likeness (QED) is 0.389. The molecule has 2 heterocycles. The Bertz CT molecular complexity index is 1040. The molecule has 0 fully saturated rings. The molecule has 0 aliphatic heterocycles. The standard InChI is InChI=1S/C22H20N4/c1-16(2)17-11-13-19(14-12-17)24-25-22-21(18-8-4-3-5-9-18)23-20-10-6-7-15-26(20)22/h3-16H,1-2H3. The lowest BCUT2D eigenvalue weighted by Gasteiger charge is -2.04. The van der Waals surface area contributed by atoms with E-state index in [2.05, 4.69) is 36.2 Å². The summed E-state index contributed by atoms with van der Waals surface area (Å²) in [6.45, 7) is 4.36. The van der Waals surface area contributed by atoms with Crippen molar-refractivity contribution in [3.63, 3.8) is 0 Å². The molecule has 4 nitrogen and oxygen atoms in total. The first-order valence-electron chi connectivity index (χ1n) is 8.76. The van der Waals surface area contributed by atoms with Crippen molar-refractivity contribution in [2.75, 3.05) is 0 Å². The van der Waals surface area contributed by atoms with Gasteiger partial charge in [0.15, 0.2) is 5.82 Å². The second-order valence-corrected chi connectivity index (χ2v) is 6.53. The molecule has 2 aromatic carbocycles. The Balaban J connectivity index is 1.77. The summed E-state index contributed by atoms with van der Waals surface area (Å²) >= 11 is 0. The third-order valence-corrected chi connectivity index (χ3v) is 4.37. The average Bonchev–Trinajstić information content (AvgIpc) is 3.06. The van der Waals surface area contributed by atoms with Gasteiger partial charge in [0, 0.05) is 11.8 Å². The number of imidazole rings is 1. The van der Waals surface area contributed by atoms with E-state index in [1.807, 2.05) is 71.3 Å². The van der Waals surface area contributed by atoms with E-state index >= 15 is 0 Å². The van der Waals surface area contributed by atoms with Crippen LogP contribution < -0.4 is 0 Å². The summed E-state index contributed by atoms with van der Waals surface area (Å²) in [6, 6.07) is 24.2. The lowest BCUT2D eigenvalue weighted by molar-refractivity contribution is 0.866. The first kappa shape index (κ1) is 16.2. The molecule has 0 N–H and O–H groups in total. The van der Waals surface area contributed by atoms with Crippen LogP contribution >= 0.6 is 0 Å². The summed E-state index contributed by atoms with van der Waals surface area (Å²) < 4.78 is 1.97. The number of rotatable bonds is 4. The van der Waals surface area contributed by atoms with Crippen LogP contribution in [0.3, 0.4) is 0 Å². The number of nitrogens with zero attached hydrogens (tertiary/aromatic N) is 4. The number of aromatic nitrogens is 2. The maximum atomic E-state index is 4.74. The minimum Gasteiger partial charge on any atom is -0.283 e. The zero-order valence-electron chi connectivity index (χ0n) is 14.9. The van der Waals surface area contributed by atoms with Gasteiger partial charge in [0.2, 0.25) is 0 Å². The molecule has 4 aromatic rings. The Hall–Kier alpha value is -3.27. The maximum absolute atomic E-state index is 4.74. The number of pyridine rings is 1. The average molecular weight is 340 g/mol. The molecule has 0 atom stereocenters. The highest BCUT2D eigenvalue weighted by Crippen LogP contribution is 2.32. The molecular weight excluding hydrogens is 320 g/mol. The van der Waals surface area contributed by atoms with Gasteiger partial charge in [0.1, 0.15) is 11.3 Å². The number of hydrogen-bond acceptors (Lipinski definition) is 3. The van der Waals surface area contributed by atoms with Crippen molar-refractivity contribution >= 4 is 17.2 Å². The van der Waals surface area contributed by atoms with Gasteiger partial charge in [-0.25, -0.2) is 4.98 Å². The predicted molar refractivity (Wildman–Crippen MR) is 105 cm³/mol. The molecule has 0 amide bonds. The fourth-order valence-electron chi connectivity index (χ4n) is 2.90. The van der Waals surface area contributed by atoms with Gasteiger partial charge < -0.3 is 0 Å². The van der Waals surface area contributed by atoms with Gasteiger partial charge in [-0.05, 0) is 35.7 Å². The minimum absolute atomic E-state index is 0.504. The molecule has 26 heavy (non-hydrogen) atoms. The Labute approximate surface area is 152 Å². The molecule has 0 aliphatic carbocycles. The van der Waals surface area contributed by atoms with Crippen LogP contribution in [0.5, 0.6) is 0 Å². The van der Waals surface area contributed by atoms with Crippen molar-refractivity contribution in [3.8, 4) is 11.3 Å². The van der Waals surface area contributed by atoms with Crippen LogP contribution in [0.4, 0.5) is 11.5 Å². The van der Waals surface area contributed by atoms with Crippen molar-refractivity contribution in [2.24, 2.45) is 10.2 Å². The van der Waals surface area contributed by atoms with Crippen molar-refractivity contribution in [1.82, 2.24) is 9.38 Å². The van der Waals surface area contributed by atoms with Crippen LogP contribution in [0, 0.1) is 0 Å². The van der Waals surface area contributed by atoms with E-state index in [1.54, 1.807) is 0 Å². The number of benzene rings is 2. The van der Waals surface area contributed by atoms with E-state index in [0.717, 1.165) is 28.4 Å². The van der Waals surface area contributed by atoms with Gasteiger partial charge >= 0.3 is 0 Å². The number of hydrogen-bond donors (Lipinski definition) is 0. The highest BCUT2D eigenvalue weighted by atomic mass is 15.2. The van der Waals surface area contributed by atoms with Crippen LogP contribution in [0.2, 0.25) is 0 Å². The monoisotopic (exact) mass is 340 g/mol. The fraction of sp³-hybridized carbons (Fsp3) is 0.136. The molecule has 4 rings (SSSR count). The molecular formula is C22H20N4. The predicted octanol–water partition coefficient (Wildman–Crippen LogP) is 6.54. The summed E-state index contributed by atoms with van der Waals surface area (Å²) in [6.07, 6.45) is 1.96. The molecule has 0 bridgehead atoms. The summed E-state index contributed by atoms with van der Waals surface area (Å²) in [7, 11) is 0. The van der Waals surface area contributed by atoms with Gasteiger partial charge in [0.25, 0.3) is 0 Å². The summed E-state index contributed by atoms with van der Waals surface area (Å²) in [5.74, 6) is 1.24. The molecule has 0 unspecified atom stereocenters. The Morgan fingerprint density at radius 3 is 2.27 bits per heavy atom. The Morgan fingerprint density at radius 1 is 0.808 bits per heavy atom. The molecule has 2 aromatic heterocycles. The summed E-state index contributed by atoms with van der Waals surface area (Å²) in [5.41, 5.74) is 4.85. The van der Waals surface area contributed by atoms with E-state index < -0.39 is 0 Å². The molecule has 0 aliphatic rings. The molecule has 0 saturated heterocycles. The molecule has 0 spiro atoms. The third kappa shape index (κ3) is 3.14. The first-order valence-corrected chi connectivity index (χ1v) is 8.76. The van der Waals surface area contributed by atoms with Crippen molar-refractivity contribution < 1.29 is 0 Å². The second kappa shape index (κ2) is 6.92.